The van der Waals surface area contributed by atoms with Crippen LogP contribution in [0.2, 0.25) is 5.02 Å². The van der Waals surface area contributed by atoms with Gasteiger partial charge in [-0.25, -0.2) is 4.39 Å². The Morgan fingerprint density at radius 3 is 2.35 bits per heavy atom. The predicted octanol–water partition coefficient (Wildman–Crippen LogP) is 4.25. The number of carbonyl (C=O) groups is 1. The molecule has 2 atom stereocenters. The number of likely N-dealkylation sites (tertiary alicyclic amines) is 1. The van der Waals surface area contributed by atoms with Crippen LogP contribution in [0.15, 0.2) is 48.5 Å². The fourth-order valence-corrected chi connectivity index (χ4v) is 3.36. The lowest BCUT2D eigenvalue weighted by atomic mass is 9.80. The molecular weight excluding hydrogens is 313 g/mol. The number of Topliss-reactive ketones (excluding diaryl/α,β-unsaturated/α-hetero) is 1. The number of nitrogens with zero attached hydrogens (tertiary/aromatic N) is 1. The summed E-state index contributed by atoms with van der Waals surface area (Å²) in [4.78, 5) is 15.2. The second-order valence-corrected chi connectivity index (χ2v) is 6.40. The van der Waals surface area contributed by atoms with E-state index in [-0.39, 0.29) is 23.4 Å². The van der Waals surface area contributed by atoms with Crippen molar-refractivity contribution < 1.29 is 9.18 Å². The molecule has 1 aliphatic rings. The highest BCUT2D eigenvalue weighted by Gasteiger charge is 2.36. The van der Waals surface area contributed by atoms with Gasteiger partial charge in [-0.1, -0.05) is 42.8 Å². The Hall–Kier alpha value is -1.71. The summed E-state index contributed by atoms with van der Waals surface area (Å²) in [7, 11) is 0. The second kappa shape index (κ2) is 6.81. The van der Waals surface area contributed by atoms with Crippen molar-refractivity contribution in [3.8, 4) is 0 Å². The van der Waals surface area contributed by atoms with Crippen molar-refractivity contribution in [2.45, 2.75) is 18.8 Å². The Labute approximate surface area is 140 Å². The maximum Gasteiger partial charge on any atom is 0.150 e. The van der Waals surface area contributed by atoms with E-state index in [2.05, 4.69) is 11.8 Å². The van der Waals surface area contributed by atoms with Gasteiger partial charge < -0.3 is 4.90 Å². The summed E-state index contributed by atoms with van der Waals surface area (Å²) >= 11 is 5.95. The molecule has 2 aromatic rings. The zero-order valence-electron chi connectivity index (χ0n) is 13.0. The summed E-state index contributed by atoms with van der Waals surface area (Å²) in [5.41, 5.74) is 1.73. The minimum absolute atomic E-state index is 0.155. The van der Waals surface area contributed by atoms with Gasteiger partial charge in [0.15, 0.2) is 0 Å². The molecule has 0 aliphatic carbocycles. The van der Waals surface area contributed by atoms with Crippen LogP contribution in [0.5, 0.6) is 0 Å². The average molecular weight is 332 g/mol. The molecule has 0 aromatic heterocycles. The number of ketones is 1. The SMILES string of the molecule is CCN1CC(c2ccc(Cl)cc2)C(=O)C(c2cccc(F)c2)C1. The Morgan fingerprint density at radius 2 is 1.74 bits per heavy atom. The normalized spacial score (nSPS) is 22.3. The van der Waals surface area contributed by atoms with Gasteiger partial charge >= 0.3 is 0 Å². The Morgan fingerprint density at radius 1 is 1.09 bits per heavy atom. The van der Waals surface area contributed by atoms with Crippen LogP contribution in [0.3, 0.4) is 0 Å². The molecule has 2 aromatic carbocycles. The maximum absolute atomic E-state index is 13.6. The number of benzene rings is 2. The lowest BCUT2D eigenvalue weighted by molar-refractivity contribution is -0.125. The quantitative estimate of drug-likeness (QED) is 0.838. The van der Waals surface area contributed by atoms with Crippen LogP contribution >= 0.6 is 11.6 Å². The molecule has 0 amide bonds. The highest BCUT2D eigenvalue weighted by Crippen LogP contribution is 2.33. The zero-order valence-corrected chi connectivity index (χ0v) is 13.8. The molecule has 2 nitrogen and oxygen atoms in total. The summed E-state index contributed by atoms with van der Waals surface area (Å²) in [6.07, 6.45) is 0. The molecule has 0 bridgehead atoms. The predicted molar refractivity (Wildman–Crippen MR) is 90.5 cm³/mol. The molecule has 0 saturated carbocycles. The van der Waals surface area contributed by atoms with Crippen LogP contribution in [-0.2, 0) is 4.79 Å². The molecule has 120 valence electrons. The first-order valence-corrected chi connectivity index (χ1v) is 8.23. The third-order valence-electron chi connectivity index (χ3n) is 4.54. The van der Waals surface area contributed by atoms with Crippen molar-refractivity contribution in [3.05, 3.63) is 70.5 Å². The summed E-state index contributed by atoms with van der Waals surface area (Å²) in [5, 5.41) is 0.658. The lowest BCUT2D eigenvalue weighted by Gasteiger charge is -2.36. The van der Waals surface area contributed by atoms with Gasteiger partial charge in [-0.3, -0.25) is 4.79 Å². The number of likely N-dealkylation sites (N-methyl/N-ethyl adjacent to an activating group) is 1. The van der Waals surface area contributed by atoms with E-state index in [4.69, 9.17) is 11.6 Å². The van der Waals surface area contributed by atoms with Crippen LogP contribution in [0.1, 0.15) is 29.9 Å². The number of carbonyl (C=O) groups excluding carboxylic acids is 1. The van der Waals surface area contributed by atoms with E-state index in [0.717, 1.165) is 17.7 Å². The highest BCUT2D eigenvalue weighted by molar-refractivity contribution is 6.30. The smallest absolute Gasteiger partial charge is 0.150 e. The van der Waals surface area contributed by atoms with Gasteiger partial charge in [-0.15, -0.1) is 0 Å². The minimum Gasteiger partial charge on any atom is -0.302 e. The van der Waals surface area contributed by atoms with Crippen molar-refractivity contribution in [1.29, 1.82) is 0 Å². The number of piperidine rings is 1. The minimum atomic E-state index is -0.299. The van der Waals surface area contributed by atoms with Crippen molar-refractivity contribution in [1.82, 2.24) is 4.90 Å². The molecule has 1 heterocycles. The fourth-order valence-electron chi connectivity index (χ4n) is 3.23. The van der Waals surface area contributed by atoms with Gasteiger partial charge in [0.2, 0.25) is 0 Å². The molecule has 1 fully saturated rings. The monoisotopic (exact) mass is 331 g/mol. The van der Waals surface area contributed by atoms with E-state index in [0.29, 0.717) is 18.1 Å². The van der Waals surface area contributed by atoms with Crippen LogP contribution in [0.4, 0.5) is 4.39 Å². The van der Waals surface area contributed by atoms with Crippen molar-refractivity contribution >= 4 is 17.4 Å². The van der Waals surface area contributed by atoms with Crippen LogP contribution in [-0.4, -0.2) is 30.3 Å². The Kier molecular flexibility index (Phi) is 4.79. The van der Waals surface area contributed by atoms with E-state index in [1.54, 1.807) is 6.07 Å². The largest absolute Gasteiger partial charge is 0.302 e. The van der Waals surface area contributed by atoms with Gasteiger partial charge in [-0.2, -0.15) is 0 Å². The molecule has 4 heteroatoms. The molecule has 23 heavy (non-hydrogen) atoms. The first-order valence-electron chi connectivity index (χ1n) is 7.85. The number of halogens is 2. The topological polar surface area (TPSA) is 20.3 Å². The second-order valence-electron chi connectivity index (χ2n) is 5.97. The number of hydrogen-bond donors (Lipinski definition) is 0. The molecule has 2 unspecified atom stereocenters. The zero-order chi connectivity index (χ0) is 16.4. The molecule has 0 radical (unpaired) electrons. The standard InChI is InChI=1S/C19H19ClFNO/c1-2-22-11-17(13-6-8-15(20)9-7-13)19(23)18(12-22)14-4-3-5-16(21)10-14/h3-10,17-18H,2,11-12H2,1H3. The van der Waals surface area contributed by atoms with E-state index in [1.807, 2.05) is 30.3 Å². The summed E-state index contributed by atoms with van der Waals surface area (Å²) in [6.45, 7) is 4.28. The first kappa shape index (κ1) is 16.2. The first-order chi connectivity index (χ1) is 11.1. The van der Waals surface area contributed by atoms with E-state index in [1.165, 1.54) is 12.1 Å². The van der Waals surface area contributed by atoms with Gasteiger partial charge in [-0.05, 0) is 41.9 Å². The van der Waals surface area contributed by atoms with Crippen LogP contribution < -0.4 is 0 Å². The lowest BCUT2D eigenvalue weighted by Crippen LogP contribution is -2.44. The van der Waals surface area contributed by atoms with Gasteiger partial charge in [0, 0.05) is 18.1 Å². The fraction of sp³-hybridized carbons (Fsp3) is 0.316. The third-order valence-corrected chi connectivity index (χ3v) is 4.79. The molecule has 1 saturated heterocycles. The van der Waals surface area contributed by atoms with Crippen LogP contribution in [0.25, 0.3) is 0 Å². The molecule has 1 aliphatic heterocycles. The molecule has 0 N–H and O–H groups in total. The van der Waals surface area contributed by atoms with Gasteiger partial charge in [0.1, 0.15) is 11.6 Å². The van der Waals surface area contributed by atoms with Crippen molar-refractivity contribution in [3.63, 3.8) is 0 Å². The van der Waals surface area contributed by atoms with E-state index < -0.39 is 0 Å². The van der Waals surface area contributed by atoms with Gasteiger partial charge in [0.25, 0.3) is 0 Å². The highest BCUT2D eigenvalue weighted by atomic mass is 35.5. The maximum atomic E-state index is 13.6. The molecular formula is C19H19ClFNO. The molecule has 0 spiro atoms. The van der Waals surface area contributed by atoms with E-state index in [9.17, 15) is 9.18 Å². The van der Waals surface area contributed by atoms with E-state index >= 15 is 0 Å². The van der Waals surface area contributed by atoms with Crippen molar-refractivity contribution in [2.75, 3.05) is 19.6 Å². The van der Waals surface area contributed by atoms with Gasteiger partial charge in [0.05, 0.1) is 11.8 Å². The number of hydrogen-bond acceptors (Lipinski definition) is 2. The van der Waals surface area contributed by atoms with Crippen molar-refractivity contribution in [2.24, 2.45) is 0 Å². The average Bonchev–Trinajstić information content (AvgIpc) is 2.56. The Balaban J connectivity index is 1.94. The summed E-state index contributed by atoms with van der Waals surface area (Å²) < 4.78 is 13.6. The molecule has 3 rings (SSSR count). The van der Waals surface area contributed by atoms with Crippen LogP contribution in [0, 0.1) is 5.82 Å². The summed E-state index contributed by atoms with van der Waals surface area (Å²) in [6, 6.07) is 13.8. The Bertz CT molecular complexity index is 701. The summed E-state index contributed by atoms with van der Waals surface area (Å²) in [5.74, 6) is -0.635. The third kappa shape index (κ3) is 3.46. The number of rotatable bonds is 3.